The third-order valence-electron chi connectivity index (χ3n) is 12.0. The topological polar surface area (TPSA) is 131 Å². The van der Waals surface area contributed by atoms with Crippen molar-refractivity contribution >= 4 is 12.1 Å². The van der Waals surface area contributed by atoms with E-state index in [4.69, 9.17) is 23.7 Å². The second kappa shape index (κ2) is 15.1. The Balaban J connectivity index is 1.21. The van der Waals surface area contributed by atoms with Crippen molar-refractivity contribution in [2.45, 2.75) is 69.1 Å². The van der Waals surface area contributed by atoms with E-state index in [1.165, 1.54) is 21.1 Å². The molecule has 1 amide bonds. The van der Waals surface area contributed by atoms with Crippen LogP contribution in [0.2, 0.25) is 0 Å². The highest BCUT2D eigenvalue weighted by atomic mass is 16.6. The summed E-state index contributed by atoms with van der Waals surface area (Å²) >= 11 is 0. The van der Waals surface area contributed by atoms with Crippen LogP contribution in [0.1, 0.15) is 64.8 Å². The number of nitrogens with zero attached hydrogens (tertiary/aromatic N) is 3. The maximum Gasteiger partial charge on any atom is 0.410 e. The minimum absolute atomic E-state index is 0.0517. The van der Waals surface area contributed by atoms with E-state index in [1.807, 2.05) is 59.5 Å². The van der Waals surface area contributed by atoms with Gasteiger partial charge in [-0.3, -0.25) is 14.6 Å². The van der Waals surface area contributed by atoms with Crippen molar-refractivity contribution < 1.29 is 38.4 Å². The van der Waals surface area contributed by atoms with Crippen molar-refractivity contribution in [1.82, 2.24) is 9.80 Å². The number of piperazine rings is 1. The molecule has 3 aliphatic heterocycles. The Kier molecular flexibility index (Phi) is 10.1. The molecule has 2 bridgehead atoms. The molecule has 56 heavy (non-hydrogen) atoms. The van der Waals surface area contributed by atoms with Crippen molar-refractivity contribution in [2.75, 3.05) is 27.4 Å². The Bertz CT molecular complexity index is 2170. The van der Waals surface area contributed by atoms with Crippen LogP contribution in [0.4, 0.5) is 4.79 Å². The fourth-order valence-corrected chi connectivity index (χ4v) is 9.86. The van der Waals surface area contributed by atoms with Gasteiger partial charge in [-0.25, -0.2) is 4.79 Å². The van der Waals surface area contributed by atoms with Crippen LogP contribution in [0.3, 0.4) is 0 Å². The van der Waals surface area contributed by atoms with Gasteiger partial charge < -0.3 is 28.8 Å². The van der Waals surface area contributed by atoms with Crippen LogP contribution in [0.15, 0.2) is 91.5 Å². The fourth-order valence-electron chi connectivity index (χ4n) is 9.86. The summed E-state index contributed by atoms with van der Waals surface area (Å²) in [7, 11) is 2.98. The quantitative estimate of drug-likeness (QED) is 0.102. The number of nitriles is 1. The zero-order valence-electron chi connectivity index (χ0n) is 31.9. The van der Waals surface area contributed by atoms with Crippen LogP contribution in [0, 0.1) is 24.2 Å². The molecule has 0 saturated carbocycles. The zero-order chi connectivity index (χ0) is 39.2. The normalized spacial score (nSPS) is 24.6. The summed E-state index contributed by atoms with van der Waals surface area (Å²) in [4.78, 5) is 30.9. The van der Waals surface area contributed by atoms with E-state index in [0.717, 1.165) is 27.8 Å². The van der Waals surface area contributed by atoms with Gasteiger partial charge in [0.05, 0.1) is 57.7 Å². The second-order valence-electron chi connectivity index (χ2n) is 14.8. The number of hydrogen-bond donors (Lipinski definition) is 1. The Labute approximate surface area is 326 Å². The lowest BCUT2D eigenvalue weighted by atomic mass is 9.77. The first-order valence-electron chi connectivity index (χ1n) is 18.9. The molecular formula is C45H45N3O8. The van der Waals surface area contributed by atoms with Gasteiger partial charge in [0.2, 0.25) is 0 Å². The van der Waals surface area contributed by atoms with Gasteiger partial charge in [0.15, 0.2) is 11.5 Å². The largest absolute Gasteiger partial charge is 0.496 e. The van der Waals surface area contributed by atoms with Crippen molar-refractivity contribution in [3.63, 3.8) is 0 Å². The highest BCUT2D eigenvalue weighted by Crippen LogP contribution is 2.59. The Morgan fingerprint density at radius 2 is 1.54 bits per heavy atom. The SMILES string of the molecule is C=C[C@@H]1C[C@H]2[C@@H](C#N)N3[C@H]([C@@H]1N2C(=O)OCC1c2ccccc2-c2ccccc21)[C@H](O)c1c(OC)c(C)c(OC)c(OC(C)=O)c1[C@@H]3COCc1ccccc1. The van der Waals surface area contributed by atoms with E-state index in [2.05, 4.69) is 36.9 Å². The summed E-state index contributed by atoms with van der Waals surface area (Å²) < 4.78 is 30.4. The van der Waals surface area contributed by atoms with E-state index in [1.54, 1.807) is 17.9 Å². The number of esters is 1. The number of aliphatic hydroxyl groups is 1. The first kappa shape index (κ1) is 37.3. The molecule has 2 fully saturated rings. The lowest BCUT2D eigenvalue weighted by Crippen LogP contribution is -2.69. The molecule has 7 atom stereocenters. The van der Waals surface area contributed by atoms with Crippen molar-refractivity contribution in [1.29, 1.82) is 5.26 Å². The average Bonchev–Trinajstić information content (AvgIpc) is 3.70. The number of amides is 1. The molecule has 288 valence electrons. The van der Waals surface area contributed by atoms with E-state index in [9.17, 15) is 20.0 Å². The molecule has 0 radical (unpaired) electrons. The van der Waals surface area contributed by atoms with E-state index in [0.29, 0.717) is 28.9 Å². The molecule has 0 unspecified atom stereocenters. The third kappa shape index (κ3) is 5.91. The van der Waals surface area contributed by atoms with Crippen LogP contribution in [-0.4, -0.2) is 78.6 Å². The minimum atomic E-state index is -1.31. The molecule has 11 nitrogen and oxygen atoms in total. The zero-order valence-corrected chi connectivity index (χ0v) is 31.9. The van der Waals surface area contributed by atoms with Crippen molar-refractivity contribution in [3.05, 3.63) is 125 Å². The summed E-state index contributed by atoms with van der Waals surface area (Å²) in [6, 6.07) is 24.8. The predicted octanol–water partition coefficient (Wildman–Crippen LogP) is 7.01. The summed E-state index contributed by atoms with van der Waals surface area (Å²) in [6.45, 7) is 7.64. The number of hydrogen-bond acceptors (Lipinski definition) is 10. The van der Waals surface area contributed by atoms with Crippen LogP contribution in [-0.2, 0) is 20.9 Å². The van der Waals surface area contributed by atoms with E-state index >= 15 is 0 Å². The Morgan fingerprint density at radius 1 is 0.893 bits per heavy atom. The summed E-state index contributed by atoms with van der Waals surface area (Å²) in [5, 5.41) is 23.8. The molecule has 3 heterocycles. The van der Waals surface area contributed by atoms with Gasteiger partial charge >= 0.3 is 12.1 Å². The van der Waals surface area contributed by atoms with Gasteiger partial charge in [-0.2, -0.15) is 5.26 Å². The van der Waals surface area contributed by atoms with Gasteiger partial charge in [-0.15, -0.1) is 6.58 Å². The molecule has 1 aliphatic carbocycles. The van der Waals surface area contributed by atoms with Gasteiger partial charge in [-0.1, -0.05) is 84.9 Å². The number of methoxy groups -OCH3 is 2. The van der Waals surface area contributed by atoms with Crippen LogP contribution < -0.4 is 14.2 Å². The lowest BCUT2D eigenvalue weighted by molar-refractivity contribution is -0.132. The van der Waals surface area contributed by atoms with Gasteiger partial charge in [0.1, 0.15) is 24.5 Å². The molecule has 2 saturated heterocycles. The monoisotopic (exact) mass is 755 g/mol. The van der Waals surface area contributed by atoms with E-state index in [-0.39, 0.29) is 43.2 Å². The van der Waals surface area contributed by atoms with Crippen molar-refractivity contribution in [3.8, 4) is 34.4 Å². The molecule has 1 N–H and O–H groups in total. The summed E-state index contributed by atoms with van der Waals surface area (Å²) in [5.41, 5.74) is 6.70. The van der Waals surface area contributed by atoms with E-state index < -0.39 is 48.4 Å². The van der Waals surface area contributed by atoms with Gasteiger partial charge in [-0.05, 0) is 41.2 Å². The van der Waals surface area contributed by atoms with Gasteiger partial charge in [0.25, 0.3) is 0 Å². The number of aliphatic hydroxyl groups excluding tert-OH is 1. The fraction of sp³-hybridized carbons (Fsp3) is 0.356. The first-order valence-corrected chi connectivity index (χ1v) is 18.9. The molecule has 0 spiro atoms. The number of rotatable bonds is 10. The lowest BCUT2D eigenvalue weighted by Gasteiger charge is -2.56. The number of carbonyl (C=O) groups excluding carboxylic acids is 2. The average molecular weight is 756 g/mol. The maximum absolute atomic E-state index is 14.6. The molecule has 0 aromatic heterocycles. The molecule has 4 aromatic rings. The molecule has 4 aromatic carbocycles. The summed E-state index contributed by atoms with van der Waals surface area (Å²) in [5.74, 6) is -0.280. The predicted molar refractivity (Wildman–Crippen MR) is 207 cm³/mol. The molecule has 4 aliphatic rings. The number of benzene rings is 4. The Morgan fingerprint density at radius 3 is 2.14 bits per heavy atom. The Hall–Kier alpha value is -5.67. The number of carbonyl (C=O) groups is 2. The highest BCUT2D eigenvalue weighted by Gasteiger charge is 2.63. The van der Waals surface area contributed by atoms with Crippen LogP contribution in [0.25, 0.3) is 11.1 Å². The number of ether oxygens (including phenoxy) is 5. The smallest absolute Gasteiger partial charge is 0.410 e. The van der Waals surface area contributed by atoms with Crippen molar-refractivity contribution in [2.24, 2.45) is 5.92 Å². The standard InChI is InChI=1S/C45H45N3O8/c1-6-28-20-34-35(21-46)47-36(24-54-22-27-14-8-7-9-15-27)37-38(42(52-4)25(2)43(53-5)44(37)56-26(3)49)41(50)40(47)39(28)48(34)45(51)55-23-33-31-18-12-10-16-29(31)30-17-11-13-19-32(30)33/h6-19,28,33-36,39-41,50H,1,20,22-24H2,2-5H3/t28-,34+,35-,36+,39-,40-,41-/m1/s1. The third-order valence-corrected chi connectivity index (χ3v) is 12.0. The molecule has 8 rings (SSSR count). The van der Waals surface area contributed by atoms with Crippen LogP contribution >= 0.6 is 0 Å². The number of fused-ring (bicyclic) bond motifs is 8. The molecular weight excluding hydrogens is 711 g/mol. The summed E-state index contributed by atoms with van der Waals surface area (Å²) in [6.07, 6.45) is 0.367. The van der Waals surface area contributed by atoms with Gasteiger partial charge in [0, 0.05) is 35.4 Å². The minimum Gasteiger partial charge on any atom is -0.496 e. The highest BCUT2D eigenvalue weighted by molar-refractivity contribution is 5.79. The maximum atomic E-state index is 14.6. The van der Waals surface area contributed by atoms with Crippen LogP contribution in [0.5, 0.6) is 17.2 Å². The first-order chi connectivity index (χ1) is 27.2. The molecule has 11 heteroatoms. The second-order valence-corrected chi connectivity index (χ2v) is 14.8.